The minimum Gasteiger partial charge on any atom is -0.314 e. The zero-order chi connectivity index (χ0) is 11.7. The number of hydrogen-bond donors (Lipinski definition) is 1. The van der Waals surface area contributed by atoms with Crippen molar-refractivity contribution in [2.24, 2.45) is 0 Å². The van der Waals surface area contributed by atoms with Crippen molar-refractivity contribution >= 4 is 5.52 Å². The number of fused-ring (bicyclic) bond motifs is 1. The van der Waals surface area contributed by atoms with Gasteiger partial charge in [0, 0.05) is 18.7 Å². The first-order chi connectivity index (χ1) is 8.33. The van der Waals surface area contributed by atoms with Gasteiger partial charge in [-0.1, -0.05) is 6.42 Å². The van der Waals surface area contributed by atoms with Gasteiger partial charge in [-0.25, -0.2) is 9.37 Å². The standard InChI is InChI=1S/C13H16FN3/c14-10-4-6-17-12(7-10)9-16-13(17)8-11-3-1-2-5-15-11/h4,6-7,9,11,15H,1-3,5,8H2. The number of rotatable bonds is 2. The summed E-state index contributed by atoms with van der Waals surface area (Å²) in [6.45, 7) is 1.10. The number of hydrogen-bond acceptors (Lipinski definition) is 2. The molecule has 2 aromatic rings. The molecule has 1 unspecified atom stereocenters. The molecule has 0 saturated carbocycles. The molecule has 1 saturated heterocycles. The molecular formula is C13H16FN3. The second-order valence-corrected chi connectivity index (χ2v) is 4.67. The fraction of sp³-hybridized carbons (Fsp3) is 0.462. The highest BCUT2D eigenvalue weighted by Crippen LogP contribution is 2.14. The van der Waals surface area contributed by atoms with Crippen LogP contribution in [0.1, 0.15) is 25.1 Å². The number of piperidine rings is 1. The lowest BCUT2D eigenvalue weighted by molar-refractivity contribution is 0.394. The van der Waals surface area contributed by atoms with E-state index in [1.165, 1.54) is 31.4 Å². The first-order valence-electron chi connectivity index (χ1n) is 6.18. The summed E-state index contributed by atoms with van der Waals surface area (Å²) in [4.78, 5) is 4.39. The van der Waals surface area contributed by atoms with Crippen LogP contribution in [-0.4, -0.2) is 22.0 Å². The van der Waals surface area contributed by atoms with Crippen LogP contribution in [0, 0.1) is 5.82 Å². The van der Waals surface area contributed by atoms with Gasteiger partial charge in [0.15, 0.2) is 0 Å². The highest BCUT2D eigenvalue weighted by atomic mass is 19.1. The van der Waals surface area contributed by atoms with E-state index in [9.17, 15) is 4.39 Å². The lowest BCUT2D eigenvalue weighted by Crippen LogP contribution is -2.36. The van der Waals surface area contributed by atoms with Crippen molar-refractivity contribution in [2.75, 3.05) is 6.54 Å². The van der Waals surface area contributed by atoms with E-state index in [2.05, 4.69) is 10.3 Å². The van der Waals surface area contributed by atoms with Crippen LogP contribution < -0.4 is 5.32 Å². The van der Waals surface area contributed by atoms with Crippen LogP contribution in [0.3, 0.4) is 0 Å². The van der Waals surface area contributed by atoms with Gasteiger partial charge in [-0.15, -0.1) is 0 Å². The quantitative estimate of drug-likeness (QED) is 0.861. The summed E-state index contributed by atoms with van der Waals surface area (Å²) in [5.74, 6) is 0.805. The second kappa shape index (κ2) is 4.45. The maximum absolute atomic E-state index is 13.1. The van der Waals surface area contributed by atoms with Crippen LogP contribution in [-0.2, 0) is 6.42 Å². The Morgan fingerprint density at radius 1 is 1.47 bits per heavy atom. The van der Waals surface area contributed by atoms with E-state index in [-0.39, 0.29) is 5.82 Å². The molecule has 90 valence electrons. The molecule has 0 amide bonds. The lowest BCUT2D eigenvalue weighted by atomic mass is 10.0. The summed E-state index contributed by atoms with van der Waals surface area (Å²) in [5.41, 5.74) is 0.829. The molecule has 3 nitrogen and oxygen atoms in total. The van der Waals surface area contributed by atoms with E-state index in [4.69, 9.17) is 0 Å². The van der Waals surface area contributed by atoms with Crippen molar-refractivity contribution in [3.63, 3.8) is 0 Å². The van der Waals surface area contributed by atoms with Crippen LogP contribution >= 0.6 is 0 Å². The maximum atomic E-state index is 13.1. The molecule has 1 fully saturated rings. The Labute approximate surface area is 99.7 Å². The Morgan fingerprint density at radius 2 is 2.41 bits per heavy atom. The van der Waals surface area contributed by atoms with E-state index in [1.807, 2.05) is 4.40 Å². The van der Waals surface area contributed by atoms with Crippen molar-refractivity contribution in [3.05, 3.63) is 36.2 Å². The minimum atomic E-state index is -0.209. The predicted octanol–water partition coefficient (Wildman–Crippen LogP) is 2.16. The van der Waals surface area contributed by atoms with E-state index in [0.717, 1.165) is 24.3 Å². The van der Waals surface area contributed by atoms with Gasteiger partial charge in [0.25, 0.3) is 0 Å². The lowest BCUT2D eigenvalue weighted by Gasteiger charge is -2.22. The molecule has 0 spiro atoms. The number of nitrogens with zero attached hydrogens (tertiary/aromatic N) is 2. The topological polar surface area (TPSA) is 29.3 Å². The van der Waals surface area contributed by atoms with Gasteiger partial charge in [-0.3, -0.25) is 0 Å². The van der Waals surface area contributed by atoms with Crippen LogP contribution in [0.15, 0.2) is 24.5 Å². The summed E-state index contributed by atoms with van der Waals surface area (Å²) in [7, 11) is 0. The maximum Gasteiger partial charge on any atom is 0.126 e. The normalized spacial score (nSPS) is 20.9. The molecule has 0 aromatic carbocycles. The Kier molecular flexibility index (Phi) is 2.81. The van der Waals surface area contributed by atoms with Crippen molar-refractivity contribution in [1.29, 1.82) is 0 Å². The van der Waals surface area contributed by atoms with E-state index in [1.54, 1.807) is 12.4 Å². The second-order valence-electron chi connectivity index (χ2n) is 4.67. The van der Waals surface area contributed by atoms with Crippen LogP contribution in [0.2, 0.25) is 0 Å². The fourth-order valence-corrected chi connectivity index (χ4v) is 2.50. The van der Waals surface area contributed by atoms with Gasteiger partial charge >= 0.3 is 0 Å². The van der Waals surface area contributed by atoms with Crippen molar-refractivity contribution < 1.29 is 4.39 Å². The highest BCUT2D eigenvalue weighted by Gasteiger charge is 2.15. The van der Waals surface area contributed by atoms with Gasteiger partial charge in [0.2, 0.25) is 0 Å². The van der Waals surface area contributed by atoms with E-state index in [0.29, 0.717) is 6.04 Å². The van der Waals surface area contributed by atoms with Crippen molar-refractivity contribution in [2.45, 2.75) is 31.7 Å². The molecule has 0 aliphatic carbocycles. The molecule has 3 heterocycles. The molecule has 17 heavy (non-hydrogen) atoms. The molecule has 0 radical (unpaired) electrons. The Morgan fingerprint density at radius 3 is 3.24 bits per heavy atom. The smallest absolute Gasteiger partial charge is 0.126 e. The number of pyridine rings is 1. The number of imidazole rings is 1. The zero-order valence-corrected chi connectivity index (χ0v) is 9.69. The summed E-state index contributed by atoms with van der Waals surface area (Å²) < 4.78 is 15.0. The number of nitrogens with one attached hydrogen (secondary N) is 1. The molecule has 3 rings (SSSR count). The fourth-order valence-electron chi connectivity index (χ4n) is 2.50. The number of aromatic nitrogens is 2. The Balaban J connectivity index is 1.84. The Hall–Kier alpha value is -1.42. The molecular weight excluding hydrogens is 217 g/mol. The third-order valence-electron chi connectivity index (χ3n) is 3.41. The number of halogens is 1. The average molecular weight is 233 g/mol. The van der Waals surface area contributed by atoms with Gasteiger partial charge in [0.1, 0.15) is 11.6 Å². The SMILES string of the molecule is Fc1ccn2c(CC3CCCCN3)ncc2c1. The van der Waals surface area contributed by atoms with Gasteiger partial charge in [-0.2, -0.15) is 0 Å². The molecule has 0 bridgehead atoms. The van der Waals surface area contributed by atoms with Crippen LogP contribution in [0.25, 0.3) is 5.52 Å². The van der Waals surface area contributed by atoms with E-state index < -0.39 is 0 Å². The predicted molar refractivity (Wildman–Crippen MR) is 64.5 cm³/mol. The van der Waals surface area contributed by atoms with Gasteiger partial charge in [-0.05, 0) is 31.5 Å². The third kappa shape index (κ3) is 2.17. The van der Waals surface area contributed by atoms with Crippen LogP contribution in [0.5, 0.6) is 0 Å². The zero-order valence-electron chi connectivity index (χ0n) is 9.69. The minimum absolute atomic E-state index is 0.209. The molecule has 2 aromatic heterocycles. The third-order valence-corrected chi connectivity index (χ3v) is 3.41. The van der Waals surface area contributed by atoms with E-state index >= 15 is 0 Å². The largest absolute Gasteiger partial charge is 0.314 e. The van der Waals surface area contributed by atoms with Crippen molar-refractivity contribution in [3.8, 4) is 0 Å². The molecule has 4 heteroatoms. The summed E-state index contributed by atoms with van der Waals surface area (Å²) in [6, 6.07) is 3.51. The molecule has 1 N–H and O–H groups in total. The molecule has 1 aliphatic heterocycles. The summed E-state index contributed by atoms with van der Waals surface area (Å²) >= 11 is 0. The summed E-state index contributed by atoms with van der Waals surface area (Å²) in [6.07, 6.45) is 8.17. The van der Waals surface area contributed by atoms with Crippen LogP contribution in [0.4, 0.5) is 4.39 Å². The summed E-state index contributed by atoms with van der Waals surface area (Å²) in [5, 5.41) is 3.51. The Bertz CT molecular complexity index is 514. The van der Waals surface area contributed by atoms with Gasteiger partial charge < -0.3 is 9.72 Å². The first kappa shape index (κ1) is 10.7. The van der Waals surface area contributed by atoms with Gasteiger partial charge in [0.05, 0.1) is 11.7 Å². The first-order valence-corrected chi connectivity index (χ1v) is 6.18. The highest BCUT2D eigenvalue weighted by molar-refractivity contribution is 5.46. The molecule has 1 atom stereocenters. The average Bonchev–Trinajstić information content (AvgIpc) is 2.73. The van der Waals surface area contributed by atoms with Crippen molar-refractivity contribution in [1.82, 2.24) is 14.7 Å². The monoisotopic (exact) mass is 233 g/mol. The molecule has 1 aliphatic rings.